The van der Waals surface area contributed by atoms with E-state index >= 15 is 0 Å². The second-order valence-corrected chi connectivity index (χ2v) is 7.37. The molecule has 0 bridgehead atoms. The number of para-hydroxylation sites is 1. The van der Waals surface area contributed by atoms with Gasteiger partial charge in [-0.3, -0.25) is 4.79 Å². The van der Waals surface area contributed by atoms with Crippen LogP contribution >= 0.6 is 0 Å². The van der Waals surface area contributed by atoms with Crippen LogP contribution in [0.5, 0.6) is 0 Å². The number of carbonyl (C=O) groups is 1. The maximum absolute atomic E-state index is 12.5. The Morgan fingerprint density at radius 3 is 2.54 bits per heavy atom. The number of benzene rings is 2. The Balaban J connectivity index is 1.28. The van der Waals surface area contributed by atoms with Crippen LogP contribution in [0.2, 0.25) is 0 Å². The summed E-state index contributed by atoms with van der Waals surface area (Å²) in [5, 5.41) is 1.34. The molecule has 0 aliphatic carbocycles. The van der Waals surface area contributed by atoms with E-state index in [2.05, 4.69) is 52.5 Å². The van der Waals surface area contributed by atoms with Crippen molar-refractivity contribution in [1.82, 2.24) is 9.88 Å². The molecule has 4 rings (SSSR count). The fourth-order valence-corrected chi connectivity index (χ4v) is 4.05. The Kier molecular flexibility index (Phi) is 5.05. The van der Waals surface area contributed by atoms with Gasteiger partial charge in [-0.25, -0.2) is 0 Å². The van der Waals surface area contributed by atoms with Gasteiger partial charge in [0.25, 0.3) is 0 Å². The molecule has 0 atom stereocenters. The Bertz CT molecular complexity index is 860. The number of likely N-dealkylation sites (tertiary alicyclic amines) is 1. The molecule has 3 nitrogen and oxygen atoms in total. The molecule has 1 aliphatic rings. The highest BCUT2D eigenvalue weighted by Crippen LogP contribution is 2.26. The fourth-order valence-electron chi connectivity index (χ4n) is 4.05. The minimum Gasteiger partial charge on any atom is -0.361 e. The Morgan fingerprint density at radius 1 is 1.00 bits per heavy atom. The number of carbonyl (C=O) groups excluding carboxylic acids is 1. The van der Waals surface area contributed by atoms with E-state index in [9.17, 15) is 4.79 Å². The summed E-state index contributed by atoms with van der Waals surface area (Å²) in [6.45, 7) is 1.81. The Hall–Kier alpha value is -2.55. The van der Waals surface area contributed by atoms with Crippen LogP contribution in [0.1, 0.15) is 30.4 Å². The minimum atomic E-state index is 0.305. The first-order valence-corrected chi connectivity index (χ1v) is 9.66. The molecular formula is C23H26N2O. The lowest BCUT2D eigenvalue weighted by Gasteiger charge is -2.32. The van der Waals surface area contributed by atoms with Crippen LogP contribution < -0.4 is 0 Å². The molecule has 0 saturated carbocycles. The molecule has 0 unspecified atom stereocenters. The van der Waals surface area contributed by atoms with Gasteiger partial charge in [-0.1, -0.05) is 48.5 Å². The summed E-state index contributed by atoms with van der Waals surface area (Å²) in [6.07, 6.45) is 6.94. The number of aromatic nitrogens is 1. The minimum absolute atomic E-state index is 0.305. The van der Waals surface area contributed by atoms with Gasteiger partial charge in [0, 0.05) is 36.6 Å². The van der Waals surface area contributed by atoms with Gasteiger partial charge in [0.05, 0.1) is 0 Å². The van der Waals surface area contributed by atoms with Crippen molar-refractivity contribution in [2.45, 2.75) is 32.1 Å². The van der Waals surface area contributed by atoms with Crippen molar-refractivity contribution >= 4 is 16.8 Å². The quantitative estimate of drug-likeness (QED) is 0.721. The van der Waals surface area contributed by atoms with Crippen molar-refractivity contribution in [3.63, 3.8) is 0 Å². The van der Waals surface area contributed by atoms with E-state index in [-0.39, 0.29) is 0 Å². The monoisotopic (exact) mass is 346 g/mol. The van der Waals surface area contributed by atoms with E-state index in [1.807, 2.05) is 18.2 Å². The second kappa shape index (κ2) is 7.77. The van der Waals surface area contributed by atoms with Crippen molar-refractivity contribution in [2.24, 2.45) is 5.92 Å². The maximum Gasteiger partial charge on any atom is 0.222 e. The number of nitrogens with zero attached hydrogens (tertiary/aromatic N) is 1. The van der Waals surface area contributed by atoms with E-state index in [1.54, 1.807) is 0 Å². The number of amides is 1. The molecule has 1 aromatic heterocycles. The summed E-state index contributed by atoms with van der Waals surface area (Å²) in [6, 6.07) is 18.8. The molecule has 0 spiro atoms. The number of H-pyrrole nitrogens is 1. The standard InChI is InChI=1S/C23H26N2O/c26-23(11-10-18-6-2-1-3-7-18)25-14-12-19(13-15-25)16-20-17-24-22-9-5-4-8-21(20)22/h1-9,17,19,24H,10-16H2. The van der Waals surface area contributed by atoms with Crippen LogP contribution in [-0.4, -0.2) is 28.9 Å². The van der Waals surface area contributed by atoms with Crippen LogP contribution in [-0.2, 0) is 17.6 Å². The molecular weight excluding hydrogens is 320 g/mol. The largest absolute Gasteiger partial charge is 0.361 e. The number of rotatable bonds is 5. The summed E-state index contributed by atoms with van der Waals surface area (Å²) in [7, 11) is 0. The molecule has 0 radical (unpaired) electrons. The number of nitrogens with one attached hydrogen (secondary N) is 1. The predicted octanol–water partition coefficient (Wildman–Crippen LogP) is 4.58. The third kappa shape index (κ3) is 3.82. The van der Waals surface area contributed by atoms with Gasteiger partial charge in [0.15, 0.2) is 0 Å². The third-order valence-electron chi connectivity index (χ3n) is 5.62. The molecule has 3 aromatic rings. The molecule has 1 N–H and O–H groups in total. The van der Waals surface area contributed by atoms with Gasteiger partial charge < -0.3 is 9.88 Å². The van der Waals surface area contributed by atoms with Crippen molar-refractivity contribution in [3.05, 3.63) is 71.9 Å². The highest BCUT2D eigenvalue weighted by Gasteiger charge is 2.23. The highest BCUT2D eigenvalue weighted by molar-refractivity contribution is 5.83. The smallest absolute Gasteiger partial charge is 0.222 e. The number of hydrogen-bond acceptors (Lipinski definition) is 1. The van der Waals surface area contributed by atoms with E-state index in [4.69, 9.17) is 0 Å². The molecule has 1 fully saturated rings. The summed E-state index contributed by atoms with van der Waals surface area (Å²) in [5.74, 6) is 0.978. The second-order valence-electron chi connectivity index (χ2n) is 7.37. The lowest BCUT2D eigenvalue weighted by Crippen LogP contribution is -2.39. The lowest BCUT2D eigenvalue weighted by atomic mass is 9.90. The van der Waals surface area contributed by atoms with Crippen molar-refractivity contribution in [3.8, 4) is 0 Å². The van der Waals surface area contributed by atoms with Gasteiger partial charge >= 0.3 is 0 Å². The number of piperidine rings is 1. The SMILES string of the molecule is O=C(CCc1ccccc1)N1CCC(Cc2c[nH]c3ccccc23)CC1. The fraction of sp³-hybridized carbons (Fsp3) is 0.348. The predicted molar refractivity (Wildman–Crippen MR) is 106 cm³/mol. The molecule has 26 heavy (non-hydrogen) atoms. The zero-order chi connectivity index (χ0) is 17.8. The Labute approximate surface area is 155 Å². The summed E-state index contributed by atoms with van der Waals surface area (Å²) in [4.78, 5) is 17.9. The average molecular weight is 346 g/mol. The van der Waals surface area contributed by atoms with E-state index in [1.165, 1.54) is 22.0 Å². The zero-order valence-corrected chi connectivity index (χ0v) is 15.2. The van der Waals surface area contributed by atoms with Gasteiger partial charge in [0.1, 0.15) is 0 Å². The van der Waals surface area contributed by atoms with Gasteiger partial charge in [0.2, 0.25) is 5.91 Å². The first-order chi connectivity index (χ1) is 12.8. The number of fused-ring (bicyclic) bond motifs is 1. The summed E-state index contributed by atoms with van der Waals surface area (Å²) >= 11 is 0. The van der Waals surface area contributed by atoms with Crippen LogP contribution in [0.25, 0.3) is 10.9 Å². The zero-order valence-electron chi connectivity index (χ0n) is 15.2. The number of hydrogen-bond donors (Lipinski definition) is 1. The molecule has 3 heteroatoms. The van der Waals surface area contributed by atoms with Crippen molar-refractivity contribution < 1.29 is 4.79 Å². The summed E-state index contributed by atoms with van der Waals surface area (Å²) < 4.78 is 0. The van der Waals surface area contributed by atoms with Crippen LogP contribution in [0.3, 0.4) is 0 Å². The molecule has 134 valence electrons. The molecule has 2 aromatic carbocycles. The first-order valence-electron chi connectivity index (χ1n) is 9.66. The molecule has 1 aliphatic heterocycles. The van der Waals surface area contributed by atoms with E-state index < -0.39 is 0 Å². The average Bonchev–Trinajstić information content (AvgIpc) is 3.10. The van der Waals surface area contributed by atoms with E-state index in [0.29, 0.717) is 18.2 Å². The van der Waals surface area contributed by atoms with Gasteiger partial charge in [-0.2, -0.15) is 0 Å². The number of aromatic amines is 1. The summed E-state index contributed by atoms with van der Waals surface area (Å²) in [5.41, 5.74) is 3.88. The molecule has 1 amide bonds. The molecule has 2 heterocycles. The Morgan fingerprint density at radius 2 is 1.73 bits per heavy atom. The topological polar surface area (TPSA) is 36.1 Å². The normalized spacial score (nSPS) is 15.5. The highest BCUT2D eigenvalue weighted by atomic mass is 16.2. The van der Waals surface area contributed by atoms with Gasteiger partial charge in [-0.05, 0) is 48.8 Å². The van der Waals surface area contributed by atoms with Crippen LogP contribution in [0.15, 0.2) is 60.8 Å². The lowest BCUT2D eigenvalue weighted by molar-refractivity contribution is -0.132. The third-order valence-corrected chi connectivity index (χ3v) is 5.62. The number of aryl methyl sites for hydroxylation is 1. The molecule has 1 saturated heterocycles. The van der Waals surface area contributed by atoms with E-state index in [0.717, 1.165) is 38.8 Å². The van der Waals surface area contributed by atoms with Crippen LogP contribution in [0, 0.1) is 5.92 Å². The van der Waals surface area contributed by atoms with Crippen LogP contribution in [0.4, 0.5) is 0 Å². The van der Waals surface area contributed by atoms with Crippen molar-refractivity contribution in [2.75, 3.05) is 13.1 Å². The maximum atomic E-state index is 12.5. The van der Waals surface area contributed by atoms with Crippen molar-refractivity contribution in [1.29, 1.82) is 0 Å². The first kappa shape index (κ1) is 16.9. The van der Waals surface area contributed by atoms with Gasteiger partial charge in [-0.15, -0.1) is 0 Å².